The molecule has 3 rings (SSSR count). The zero-order chi connectivity index (χ0) is 13.4. The molecule has 2 aromatic heterocycles. The minimum Gasteiger partial charge on any atom is -0.354 e. The predicted octanol–water partition coefficient (Wildman–Crippen LogP) is 2.05. The van der Waals surface area contributed by atoms with Crippen molar-refractivity contribution in [3.8, 4) is 0 Å². The van der Waals surface area contributed by atoms with Crippen LogP contribution in [-0.2, 0) is 0 Å². The van der Waals surface area contributed by atoms with Crippen molar-refractivity contribution >= 4 is 28.5 Å². The van der Waals surface area contributed by atoms with Crippen molar-refractivity contribution in [2.24, 2.45) is 5.92 Å². The van der Waals surface area contributed by atoms with E-state index in [0.717, 1.165) is 29.9 Å². The van der Waals surface area contributed by atoms with Gasteiger partial charge in [0, 0.05) is 25.8 Å². The molecule has 0 amide bonds. The van der Waals surface area contributed by atoms with Crippen LogP contribution in [0.4, 0.5) is 5.82 Å². The summed E-state index contributed by atoms with van der Waals surface area (Å²) in [6.07, 6.45) is 4.53. The van der Waals surface area contributed by atoms with Gasteiger partial charge in [-0.05, 0) is 18.9 Å². The largest absolute Gasteiger partial charge is 0.354 e. The summed E-state index contributed by atoms with van der Waals surface area (Å²) >= 11 is 6.24. The fraction of sp³-hybridized carbons (Fsp3) is 0.538. The molecule has 0 bridgehead atoms. The van der Waals surface area contributed by atoms with Crippen LogP contribution >= 0.6 is 11.6 Å². The van der Waals surface area contributed by atoms with Gasteiger partial charge < -0.3 is 15.2 Å². The Morgan fingerprint density at radius 1 is 1.42 bits per heavy atom. The van der Waals surface area contributed by atoms with E-state index < -0.39 is 0 Å². The zero-order valence-corrected chi connectivity index (χ0v) is 11.9. The van der Waals surface area contributed by atoms with Crippen LogP contribution in [0.3, 0.4) is 0 Å². The van der Waals surface area contributed by atoms with Crippen LogP contribution in [0, 0.1) is 5.92 Å². The summed E-state index contributed by atoms with van der Waals surface area (Å²) in [5.41, 5.74) is 0.790. The second-order valence-electron chi connectivity index (χ2n) is 5.21. The molecular formula is C13H18ClN5. The van der Waals surface area contributed by atoms with Gasteiger partial charge in [-0.3, -0.25) is 0 Å². The van der Waals surface area contributed by atoms with E-state index in [4.69, 9.17) is 11.6 Å². The number of H-pyrrole nitrogens is 1. The Balaban J connectivity index is 2.01. The van der Waals surface area contributed by atoms with Gasteiger partial charge in [0.05, 0.1) is 10.4 Å². The number of hydrogen-bond donors (Lipinski definition) is 2. The molecule has 19 heavy (non-hydrogen) atoms. The zero-order valence-electron chi connectivity index (χ0n) is 11.2. The number of anilines is 1. The Morgan fingerprint density at radius 3 is 3.05 bits per heavy atom. The quantitative estimate of drug-likeness (QED) is 0.883. The highest BCUT2D eigenvalue weighted by Gasteiger charge is 2.27. The van der Waals surface area contributed by atoms with Crippen LogP contribution in [0.5, 0.6) is 0 Å². The molecule has 1 aliphatic rings. The van der Waals surface area contributed by atoms with Gasteiger partial charge in [-0.25, -0.2) is 9.97 Å². The number of aromatic nitrogens is 3. The summed E-state index contributed by atoms with van der Waals surface area (Å²) < 4.78 is 0. The van der Waals surface area contributed by atoms with Crippen LogP contribution < -0.4 is 10.2 Å². The lowest BCUT2D eigenvalue weighted by molar-refractivity contribution is 0.338. The molecule has 0 aliphatic carbocycles. The normalized spacial score (nSPS) is 23.7. The molecule has 2 aromatic rings. The number of nitrogens with one attached hydrogen (secondary N) is 2. The van der Waals surface area contributed by atoms with E-state index in [1.165, 1.54) is 6.42 Å². The molecule has 3 heterocycles. The van der Waals surface area contributed by atoms with Crippen molar-refractivity contribution < 1.29 is 0 Å². The molecule has 2 N–H and O–H groups in total. The molecule has 1 saturated heterocycles. The van der Waals surface area contributed by atoms with Gasteiger partial charge in [0.2, 0.25) is 0 Å². The van der Waals surface area contributed by atoms with E-state index >= 15 is 0 Å². The molecule has 5 nitrogen and oxygen atoms in total. The van der Waals surface area contributed by atoms with Gasteiger partial charge in [0.1, 0.15) is 17.8 Å². The van der Waals surface area contributed by atoms with Crippen molar-refractivity contribution in [2.75, 3.05) is 25.0 Å². The van der Waals surface area contributed by atoms with E-state index in [-0.39, 0.29) is 0 Å². The molecule has 2 atom stereocenters. The molecule has 1 aliphatic heterocycles. The Hall–Kier alpha value is -1.33. The number of hydrogen-bond acceptors (Lipinski definition) is 4. The van der Waals surface area contributed by atoms with E-state index in [0.29, 0.717) is 17.0 Å². The minimum atomic E-state index is 0.429. The number of rotatable bonds is 2. The van der Waals surface area contributed by atoms with Gasteiger partial charge in [-0.1, -0.05) is 18.5 Å². The van der Waals surface area contributed by atoms with Crippen molar-refractivity contribution in [3.05, 3.63) is 17.5 Å². The average molecular weight is 280 g/mol. The van der Waals surface area contributed by atoms with Gasteiger partial charge in [0.25, 0.3) is 0 Å². The first-order chi connectivity index (χ1) is 9.18. The third-order valence-electron chi connectivity index (χ3n) is 4.02. The lowest BCUT2D eigenvalue weighted by atomic mass is 9.93. The first kappa shape index (κ1) is 12.7. The maximum absolute atomic E-state index is 6.24. The third-order valence-corrected chi connectivity index (χ3v) is 4.32. The monoisotopic (exact) mass is 279 g/mol. The lowest BCUT2D eigenvalue weighted by Crippen LogP contribution is -2.49. The lowest BCUT2D eigenvalue weighted by Gasteiger charge is -2.37. The topological polar surface area (TPSA) is 56.8 Å². The molecule has 102 valence electrons. The first-order valence-corrected chi connectivity index (χ1v) is 6.97. The molecule has 6 heteroatoms. The van der Waals surface area contributed by atoms with Crippen molar-refractivity contribution in [1.29, 1.82) is 0 Å². The second kappa shape index (κ2) is 4.98. The number of likely N-dealkylation sites (N-methyl/N-ethyl adjacent to an activating group) is 1. The van der Waals surface area contributed by atoms with Gasteiger partial charge in [-0.2, -0.15) is 0 Å². The highest BCUT2D eigenvalue weighted by atomic mass is 35.5. The van der Waals surface area contributed by atoms with Crippen molar-refractivity contribution in [3.63, 3.8) is 0 Å². The van der Waals surface area contributed by atoms with Crippen LogP contribution in [0.1, 0.15) is 13.3 Å². The standard InChI is InChI=1S/C13H18ClN5/c1-8-3-4-15-6-10(8)19(2)13-11-9(14)5-16-12(11)17-7-18-13/h5,7-8,10,15H,3-4,6H2,1-2H3,(H,16,17,18)/t8-,10+/m1/s1. The summed E-state index contributed by atoms with van der Waals surface area (Å²) in [4.78, 5) is 13.9. The van der Waals surface area contributed by atoms with E-state index in [2.05, 4.69) is 39.1 Å². The van der Waals surface area contributed by atoms with Gasteiger partial charge >= 0.3 is 0 Å². The molecule has 0 saturated carbocycles. The highest BCUT2D eigenvalue weighted by molar-refractivity contribution is 6.36. The van der Waals surface area contributed by atoms with Crippen LogP contribution in [0.25, 0.3) is 11.0 Å². The minimum absolute atomic E-state index is 0.429. The number of fused-ring (bicyclic) bond motifs is 1. The van der Waals surface area contributed by atoms with Crippen molar-refractivity contribution in [2.45, 2.75) is 19.4 Å². The maximum Gasteiger partial charge on any atom is 0.144 e. The van der Waals surface area contributed by atoms with Crippen LogP contribution in [0.2, 0.25) is 5.02 Å². The predicted molar refractivity (Wildman–Crippen MR) is 77.7 cm³/mol. The summed E-state index contributed by atoms with van der Waals surface area (Å²) in [6, 6.07) is 0.429. The smallest absolute Gasteiger partial charge is 0.144 e. The summed E-state index contributed by atoms with van der Waals surface area (Å²) in [5.74, 6) is 1.53. The number of nitrogens with zero attached hydrogens (tertiary/aromatic N) is 3. The molecule has 0 spiro atoms. The van der Waals surface area contributed by atoms with E-state index in [9.17, 15) is 0 Å². The number of aromatic amines is 1. The fourth-order valence-electron chi connectivity index (χ4n) is 2.83. The Kier molecular flexibility index (Phi) is 3.33. The summed E-state index contributed by atoms with van der Waals surface area (Å²) in [7, 11) is 2.08. The Labute approximate surface area is 117 Å². The fourth-order valence-corrected chi connectivity index (χ4v) is 3.05. The summed E-state index contributed by atoms with van der Waals surface area (Å²) in [5, 5.41) is 5.03. The SMILES string of the molecule is C[C@@H]1CCNC[C@@H]1N(C)c1ncnc2[nH]cc(Cl)c12. The molecule has 0 unspecified atom stereocenters. The van der Waals surface area contributed by atoms with Crippen LogP contribution in [-0.4, -0.2) is 41.1 Å². The van der Waals surface area contributed by atoms with Crippen LogP contribution in [0.15, 0.2) is 12.5 Å². The highest BCUT2D eigenvalue weighted by Crippen LogP contribution is 2.31. The van der Waals surface area contributed by atoms with E-state index in [1.807, 2.05) is 0 Å². The van der Waals surface area contributed by atoms with Gasteiger partial charge in [-0.15, -0.1) is 0 Å². The second-order valence-corrected chi connectivity index (χ2v) is 5.61. The van der Waals surface area contributed by atoms with Crippen molar-refractivity contribution in [1.82, 2.24) is 20.3 Å². The Bertz CT molecular complexity index is 581. The maximum atomic E-state index is 6.24. The summed E-state index contributed by atoms with van der Waals surface area (Å²) in [6.45, 7) is 4.36. The first-order valence-electron chi connectivity index (χ1n) is 6.59. The van der Waals surface area contributed by atoms with E-state index in [1.54, 1.807) is 12.5 Å². The number of halogens is 1. The average Bonchev–Trinajstić information content (AvgIpc) is 2.81. The number of piperidine rings is 1. The van der Waals surface area contributed by atoms with Gasteiger partial charge in [0.15, 0.2) is 0 Å². The molecule has 0 aromatic carbocycles. The molecular weight excluding hydrogens is 262 g/mol. The Morgan fingerprint density at radius 2 is 2.26 bits per heavy atom. The molecule has 0 radical (unpaired) electrons. The third kappa shape index (κ3) is 2.17. The molecule has 1 fully saturated rings.